The van der Waals surface area contributed by atoms with Crippen LogP contribution in [0.3, 0.4) is 0 Å². The summed E-state index contributed by atoms with van der Waals surface area (Å²) in [6.45, 7) is 0. The van der Waals surface area contributed by atoms with Gasteiger partial charge in [-0.15, -0.1) is 10.2 Å². The van der Waals surface area contributed by atoms with E-state index in [4.69, 9.17) is 21.8 Å². The highest BCUT2D eigenvalue weighted by atomic mass is 35.5. The third-order valence-corrected chi connectivity index (χ3v) is 2.31. The van der Waals surface area contributed by atoms with Gasteiger partial charge >= 0.3 is 5.97 Å². The number of nitrogens with zero attached hydrogens (tertiary/aromatic N) is 2. The average molecular weight is 266 g/mol. The topological polar surface area (TPSA) is 95.3 Å². The van der Waals surface area contributed by atoms with Gasteiger partial charge in [0.15, 0.2) is 11.0 Å². The molecule has 0 radical (unpaired) electrons. The number of rotatable bonds is 3. The van der Waals surface area contributed by atoms with Gasteiger partial charge in [-0.2, -0.15) is 0 Å². The number of aromatic hydroxyl groups is 1. The lowest BCUT2D eigenvalue weighted by Gasteiger charge is -2.07. The number of benzene rings is 1. The number of hydrogen-bond acceptors (Lipinski definition) is 5. The van der Waals surface area contributed by atoms with Crippen LogP contribution in [0.15, 0.2) is 30.3 Å². The van der Waals surface area contributed by atoms with Gasteiger partial charge in [-0.25, -0.2) is 4.79 Å². The Labute approximate surface area is 107 Å². The molecule has 0 fully saturated rings. The molecular weight excluding hydrogens is 258 g/mol. The van der Waals surface area contributed by atoms with Crippen molar-refractivity contribution in [1.29, 1.82) is 0 Å². The van der Waals surface area contributed by atoms with E-state index in [0.29, 0.717) is 5.69 Å². The molecule has 7 heteroatoms. The molecule has 0 saturated carbocycles. The molecule has 18 heavy (non-hydrogen) atoms. The summed E-state index contributed by atoms with van der Waals surface area (Å²) in [7, 11) is 0. The highest BCUT2D eigenvalue weighted by Gasteiger charge is 2.13. The van der Waals surface area contributed by atoms with E-state index in [9.17, 15) is 4.79 Å². The fraction of sp³-hybridized carbons (Fsp3) is 0. The highest BCUT2D eigenvalue weighted by molar-refractivity contribution is 6.29. The SMILES string of the molecule is O=C(O)c1cc(Cl)nnc1Nc1ccc(O)cc1. The molecule has 1 aromatic carbocycles. The summed E-state index contributed by atoms with van der Waals surface area (Å²) in [6, 6.07) is 7.30. The summed E-state index contributed by atoms with van der Waals surface area (Å²) in [5, 5.41) is 28.2. The number of hydrogen-bond donors (Lipinski definition) is 3. The first kappa shape index (κ1) is 12.1. The summed E-state index contributed by atoms with van der Waals surface area (Å²) in [5.41, 5.74) is 0.495. The summed E-state index contributed by atoms with van der Waals surface area (Å²) in [5.74, 6) is -0.966. The van der Waals surface area contributed by atoms with Gasteiger partial charge < -0.3 is 15.5 Å². The number of carboxylic acid groups (broad SMARTS) is 1. The van der Waals surface area contributed by atoms with Crippen molar-refractivity contribution >= 4 is 29.1 Å². The molecule has 3 N–H and O–H groups in total. The third kappa shape index (κ3) is 2.67. The Morgan fingerprint density at radius 2 is 1.89 bits per heavy atom. The number of aromatic nitrogens is 2. The van der Waals surface area contributed by atoms with Crippen molar-refractivity contribution in [2.24, 2.45) is 0 Å². The van der Waals surface area contributed by atoms with Crippen LogP contribution in [0.1, 0.15) is 10.4 Å². The molecule has 1 aromatic heterocycles. The van der Waals surface area contributed by atoms with Crippen LogP contribution in [0.5, 0.6) is 5.75 Å². The molecule has 0 bridgehead atoms. The van der Waals surface area contributed by atoms with Crippen LogP contribution in [0.25, 0.3) is 0 Å². The van der Waals surface area contributed by atoms with Crippen LogP contribution in [-0.4, -0.2) is 26.4 Å². The smallest absolute Gasteiger partial charge is 0.339 e. The van der Waals surface area contributed by atoms with Crippen molar-refractivity contribution in [2.75, 3.05) is 5.32 Å². The molecule has 2 rings (SSSR count). The van der Waals surface area contributed by atoms with Crippen molar-refractivity contribution in [3.8, 4) is 5.75 Å². The lowest BCUT2D eigenvalue weighted by atomic mass is 10.2. The van der Waals surface area contributed by atoms with Gasteiger partial charge in [-0.1, -0.05) is 11.6 Å². The molecule has 92 valence electrons. The predicted molar refractivity (Wildman–Crippen MR) is 65.4 cm³/mol. The Kier molecular flexibility index (Phi) is 3.29. The minimum Gasteiger partial charge on any atom is -0.508 e. The maximum absolute atomic E-state index is 11.0. The summed E-state index contributed by atoms with van der Waals surface area (Å²) < 4.78 is 0. The molecule has 0 aliphatic carbocycles. The molecule has 2 aromatic rings. The number of carboxylic acids is 1. The Bertz CT molecular complexity index is 587. The van der Waals surface area contributed by atoms with Gasteiger partial charge in [-0.05, 0) is 30.3 Å². The largest absolute Gasteiger partial charge is 0.508 e. The van der Waals surface area contributed by atoms with E-state index >= 15 is 0 Å². The molecule has 0 amide bonds. The van der Waals surface area contributed by atoms with Gasteiger partial charge in [0.25, 0.3) is 0 Å². The van der Waals surface area contributed by atoms with Gasteiger partial charge in [0.05, 0.1) is 0 Å². The van der Waals surface area contributed by atoms with Gasteiger partial charge in [-0.3, -0.25) is 0 Å². The lowest BCUT2D eigenvalue weighted by molar-refractivity contribution is 0.0697. The average Bonchev–Trinajstić information content (AvgIpc) is 2.34. The molecule has 0 aliphatic heterocycles. The molecule has 0 atom stereocenters. The first-order chi connectivity index (χ1) is 8.56. The van der Waals surface area contributed by atoms with E-state index in [0.717, 1.165) is 0 Å². The minimum atomic E-state index is -1.16. The van der Waals surface area contributed by atoms with Crippen LogP contribution in [0.2, 0.25) is 5.15 Å². The van der Waals surface area contributed by atoms with Crippen LogP contribution < -0.4 is 5.32 Å². The first-order valence-electron chi connectivity index (χ1n) is 4.89. The zero-order valence-corrected chi connectivity index (χ0v) is 9.72. The maximum atomic E-state index is 11.0. The van der Waals surface area contributed by atoms with E-state index in [1.807, 2.05) is 0 Å². The Balaban J connectivity index is 2.34. The molecular formula is C11H8ClN3O3. The zero-order valence-electron chi connectivity index (χ0n) is 8.96. The Morgan fingerprint density at radius 1 is 1.22 bits per heavy atom. The summed E-state index contributed by atoms with van der Waals surface area (Å²) >= 11 is 5.59. The van der Waals surface area contributed by atoms with Crippen molar-refractivity contribution in [2.45, 2.75) is 0 Å². The van der Waals surface area contributed by atoms with Crippen molar-refractivity contribution in [3.05, 3.63) is 41.0 Å². The number of anilines is 2. The lowest BCUT2D eigenvalue weighted by Crippen LogP contribution is -2.06. The fourth-order valence-corrected chi connectivity index (χ4v) is 1.45. The molecule has 6 nitrogen and oxygen atoms in total. The number of halogens is 1. The number of nitrogens with one attached hydrogen (secondary N) is 1. The van der Waals surface area contributed by atoms with Crippen LogP contribution in [0, 0.1) is 0 Å². The zero-order chi connectivity index (χ0) is 13.1. The maximum Gasteiger partial charge on any atom is 0.339 e. The quantitative estimate of drug-likeness (QED) is 0.737. The number of phenols is 1. The van der Waals surface area contributed by atoms with Crippen LogP contribution >= 0.6 is 11.6 Å². The van der Waals surface area contributed by atoms with Crippen LogP contribution in [-0.2, 0) is 0 Å². The fourth-order valence-electron chi connectivity index (χ4n) is 1.30. The van der Waals surface area contributed by atoms with E-state index in [1.54, 1.807) is 12.1 Å². The summed E-state index contributed by atoms with van der Waals surface area (Å²) in [4.78, 5) is 11.0. The van der Waals surface area contributed by atoms with E-state index in [1.165, 1.54) is 18.2 Å². The highest BCUT2D eigenvalue weighted by Crippen LogP contribution is 2.21. The second-order valence-electron chi connectivity index (χ2n) is 3.41. The summed E-state index contributed by atoms with van der Waals surface area (Å²) in [6.07, 6.45) is 0. The van der Waals surface area contributed by atoms with E-state index in [-0.39, 0.29) is 22.3 Å². The van der Waals surface area contributed by atoms with Gasteiger partial charge in [0.1, 0.15) is 11.3 Å². The van der Waals surface area contributed by atoms with Crippen molar-refractivity contribution in [3.63, 3.8) is 0 Å². The molecule has 0 unspecified atom stereocenters. The second kappa shape index (κ2) is 4.89. The van der Waals surface area contributed by atoms with Crippen LogP contribution in [0.4, 0.5) is 11.5 Å². The molecule has 1 heterocycles. The molecule has 0 spiro atoms. The standard InChI is InChI=1S/C11H8ClN3O3/c12-9-5-8(11(17)18)10(15-14-9)13-6-1-3-7(16)4-2-6/h1-5,16H,(H,13,15)(H,17,18). The first-order valence-corrected chi connectivity index (χ1v) is 5.26. The number of phenolic OH excluding ortho intramolecular Hbond substituents is 1. The normalized spacial score (nSPS) is 10.1. The predicted octanol–water partition coefficient (Wildman–Crippen LogP) is 2.28. The Hall–Kier alpha value is -2.34. The Morgan fingerprint density at radius 3 is 2.50 bits per heavy atom. The monoisotopic (exact) mass is 265 g/mol. The van der Waals surface area contributed by atoms with Crippen molar-refractivity contribution < 1.29 is 15.0 Å². The van der Waals surface area contributed by atoms with Gasteiger partial charge in [0.2, 0.25) is 0 Å². The van der Waals surface area contributed by atoms with E-state index < -0.39 is 5.97 Å². The molecule has 0 saturated heterocycles. The third-order valence-electron chi connectivity index (χ3n) is 2.12. The van der Waals surface area contributed by atoms with Gasteiger partial charge in [0, 0.05) is 5.69 Å². The number of carbonyl (C=O) groups is 1. The second-order valence-corrected chi connectivity index (χ2v) is 3.79. The van der Waals surface area contributed by atoms with E-state index in [2.05, 4.69) is 15.5 Å². The molecule has 0 aliphatic rings. The minimum absolute atomic E-state index is 0.00339. The number of aromatic carboxylic acids is 1. The van der Waals surface area contributed by atoms with Crippen molar-refractivity contribution in [1.82, 2.24) is 10.2 Å².